The minimum Gasteiger partial charge on any atom is -0.378 e. The van der Waals surface area contributed by atoms with Gasteiger partial charge in [-0.15, -0.1) is 0 Å². The third-order valence-corrected chi connectivity index (χ3v) is 1.96. The van der Waals surface area contributed by atoms with Crippen molar-refractivity contribution in [2.24, 2.45) is 11.1 Å². The molecule has 0 aliphatic carbocycles. The fourth-order valence-corrected chi connectivity index (χ4v) is 1.16. The molecule has 2 nitrogen and oxygen atoms in total. The summed E-state index contributed by atoms with van der Waals surface area (Å²) in [6.45, 7) is 11.6. The van der Waals surface area contributed by atoms with E-state index in [1.165, 1.54) is 0 Å². The van der Waals surface area contributed by atoms with Crippen LogP contribution in [0.4, 0.5) is 0 Å². The van der Waals surface area contributed by atoms with E-state index in [1.54, 1.807) is 0 Å². The summed E-state index contributed by atoms with van der Waals surface area (Å²) in [5.41, 5.74) is 6.04. The van der Waals surface area contributed by atoms with Gasteiger partial charge in [0.15, 0.2) is 0 Å². The molecule has 0 heterocycles. The van der Waals surface area contributed by atoms with E-state index >= 15 is 0 Å². The van der Waals surface area contributed by atoms with Crippen molar-refractivity contribution in [2.45, 2.75) is 59.6 Å². The SMILES string of the molecule is CC(N)CC(C)OCCC(C)(C)C. The third-order valence-electron chi connectivity index (χ3n) is 1.96. The van der Waals surface area contributed by atoms with Gasteiger partial charge in [-0.1, -0.05) is 20.8 Å². The fraction of sp³-hybridized carbons (Fsp3) is 1.00. The summed E-state index contributed by atoms with van der Waals surface area (Å²) < 4.78 is 5.65. The Bertz CT molecular complexity index is 127. The lowest BCUT2D eigenvalue weighted by atomic mass is 9.93. The molecule has 0 amide bonds. The summed E-state index contributed by atoms with van der Waals surface area (Å²) in [6, 6.07) is 0.240. The quantitative estimate of drug-likeness (QED) is 0.718. The number of ether oxygens (including phenoxy) is 1. The highest BCUT2D eigenvalue weighted by Crippen LogP contribution is 2.18. The Labute approximate surface area is 82.8 Å². The predicted octanol–water partition coefficient (Wildman–Crippen LogP) is 2.57. The first-order valence-electron chi connectivity index (χ1n) is 5.18. The highest BCUT2D eigenvalue weighted by Gasteiger charge is 2.11. The summed E-state index contributed by atoms with van der Waals surface area (Å²) >= 11 is 0. The van der Waals surface area contributed by atoms with Gasteiger partial charge in [-0.25, -0.2) is 0 Å². The second kappa shape index (κ2) is 5.61. The molecule has 0 spiro atoms. The molecule has 0 aromatic carbocycles. The van der Waals surface area contributed by atoms with Crippen LogP contribution in [0.15, 0.2) is 0 Å². The molecule has 0 aliphatic rings. The van der Waals surface area contributed by atoms with Gasteiger partial charge in [-0.05, 0) is 32.1 Å². The molecule has 2 N–H and O–H groups in total. The molecular formula is C11H25NO. The Morgan fingerprint density at radius 3 is 2.15 bits per heavy atom. The molecule has 2 heteroatoms. The molecule has 0 bridgehead atoms. The zero-order chi connectivity index (χ0) is 10.5. The maximum Gasteiger partial charge on any atom is 0.0561 e. The minimum absolute atomic E-state index is 0.240. The van der Waals surface area contributed by atoms with E-state index in [-0.39, 0.29) is 6.04 Å². The summed E-state index contributed by atoms with van der Waals surface area (Å²) in [5, 5.41) is 0. The van der Waals surface area contributed by atoms with Crippen molar-refractivity contribution < 1.29 is 4.74 Å². The summed E-state index contributed by atoms with van der Waals surface area (Å²) in [4.78, 5) is 0. The Morgan fingerprint density at radius 2 is 1.77 bits per heavy atom. The minimum atomic E-state index is 0.240. The second-order valence-corrected chi connectivity index (χ2v) is 5.21. The van der Waals surface area contributed by atoms with Crippen LogP contribution in [0, 0.1) is 5.41 Å². The van der Waals surface area contributed by atoms with Gasteiger partial charge in [0, 0.05) is 12.6 Å². The summed E-state index contributed by atoms with van der Waals surface area (Å²) in [6.07, 6.45) is 2.35. The first-order valence-corrected chi connectivity index (χ1v) is 5.18. The molecule has 0 saturated carbocycles. The molecule has 2 atom stereocenters. The van der Waals surface area contributed by atoms with E-state index in [0.717, 1.165) is 19.4 Å². The first kappa shape index (κ1) is 12.9. The zero-order valence-electron chi connectivity index (χ0n) is 9.76. The van der Waals surface area contributed by atoms with Crippen LogP contribution in [0.3, 0.4) is 0 Å². The molecule has 0 aliphatic heterocycles. The van der Waals surface area contributed by atoms with Crippen LogP contribution in [0.1, 0.15) is 47.5 Å². The normalized spacial score (nSPS) is 17.1. The van der Waals surface area contributed by atoms with Gasteiger partial charge in [0.1, 0.15) is 0 Å². The van der Waals surface area contributed by atoms with Gasteiger partial charge >= 0.3 is 0 Å². The van der Waals surface area contributed by atoms with Gasteiger partial charge in [0.25, 0.3) is 0 Å². The first-order chi connectivity index (χ1) is 5.81. The Kier molecular flexibility index (Phi) is 5.57. The Balaban J connectivity index is 3.42. The number of hydrogen-bond acceptors (Lipinski definition) is 2. The molecule has 0 fully saturated rings. The average Bonchev–Trinajstić information content (AvgIpc) is 1.81. The van der Waals surface area contributed by atoms with Crippen LogP contribution in [-0.2, 0) is 4.74 Å². The maximum absolute atomic E-state index is 5.67. The van der Waals surface area contributed by atoms with Crippen molar-refractivity contribution >= 4 is 0 Å². The largest absolute Gasteiger partial charge is 0.378 e. The molecule has 2 unspecified atom stereocenters. The number of hydrogen-bond donors (Lipinski definition) is 1. The van der Waals surface area contributed by atoms with Crippen LogP contribution in [0.25, 0.3) is 0 Å². The molecule has 13 heavy (non-hydrogen) atoms. The maximum atomic E-state index is 5.67. The van der Waals surface area contributed by atoms with Crippen LogP contribution in [0.5, 0.6) is 0 Å². The lowest BCUT2D eigenvalue weighted by molar-refractivity contribution is 0.0412. The van der Waals surface area contributed by atoms with Crippen molar-refractivity contribution in [1.29, 1.82) is 0 Å². The van der Waals surface area contributed by atoms with Gasteiger partial charge in [0.2, 0.25) is 0 Å². The lowest BCUT2D eigenvalue weighted by Gasteiger charge is -2.20. The molecule has 0 saturated heterocycles. The van der Waals surface area contributed by atoms with Crippen molar-refractivity contribution in [3.05, 3.63) is 0 Å². The number of nitrogens with two attached hydrogens (primary N) is 1. The highest BCUT2D eigenvalue weighted by molar-refractivity contribution is 4.63. The van der Waals surface area contributed by atoms with Crippen molar-refractivity contribution in [1.82, 2.24) is 0 Å². The van der Waals surface area contributed by atoms with E-state index in [0.29, 0.717) is 11.5 Å². The highest BCUT2D eigenvalue weighted by atomic mass is 16.5. The topological polar surface area (TPSA) is 35.2 Å². The molecular weight excluding hydrogens is 162 g/mol. The molecule has 0 radical (unpaired) electrons. The Morgan fingerprint density at radius 1 is 1.23 bits per heavy atom. The standard InChI is InChI=1S/C11H25NO/c1-9(12)8-10(2)13-7-6-11(3,4)5/h9-10H,6-8,12H2,1-5H3. The molecule has 0 aromatic heterocycles. The average molecular weight is 187 g/mol. The summed E-state index contributed by atoms with van der Waals surface area (Å²) in [7, 11) is 0. The third kappa shape index (κ3) is 9.84. The Hall–Kier alpha value is -0.0800. The van der Waals surface area contributed by atoms with E-state index in [9.17, 15) is 0 Å². The zero-order valence-corrected chi connectivity index (χ0v) is 9.76. The van der Waals surface area contributed by atoms with E-state index in [2.05, 4.69) is 27.7 Å². The van der Waals surface area contributed by atoms with Gasteiger partial charge in [0.05, 0.1) is 6.10 Å². The fourth-order valence-electron chi connectivity index (χ4n) is 1.16. The molecule has 80 valence electrons. The van der Waals surface area contributed by atoms with Crippen LogP contribution >= 0.6 is 0 Å². The second-order valence-electron chi connectivity index (χ2n) is 5.21. The van der Waals surface area contributed by atoms with Gasteiger partial charge < -0.3 is 10.5 Å². The van der Waals surface area contributed by atoms with Gasteiger partial charge in [-0.2, -0.15) is 0 Å². The van der Waals surface area contributed by atoms with Gasteiger partial charge in [-0.3, -0.25) is 0 Å². The van der Waals surface area contributed by atoms with Crippen LogP contribution in [-0.4, -0.2) is 18.8 Å². The van der Waals surface area contributed by atoms with Crippen molar-refractivity contribution in [3.8, 4) is 0 Å². The molecule has 0 rings (SSSR count). The summed E-state index contributed by atoms with van der Waals surface area (Å²) in [5.74, 6) is 0. The van der Waals surface area contributed by atoms with Crippen LogP contribution < -0.4 is 5.73 Å². The van der Waals surface area contributed by atoms with E-state index in [1.807, 2.05) is 6.92 Å². The number of rotatable bonds is 5. The van der Waals surface area contributed by atoms with Crippen molar-refractivity contribution in [2.75, 3.05) is 6.61 Å². The van der Waals surface area contributed by atoms with E-state index < -0.39 is 0 Å². The van der Waals surface area contributed by atoms with Crippen molar-refractivity contribution in [3.63, 3.8) is 0 Å². The monoisotopic (exact) mass is 187 g/mol. The van der Waals surface area contributed by atoms with Crippen LogP contribution in [0.2, 0.25) is 0 Å². The smallest absolute Gasteiger partial charge is 0.0561 e. The van der Waals surface area contributed by atoms with E-state index in [4.69, 9.17) is 10.5 Å². The predicted molar refractivity (Wildman–Crippen MR) is 57.8 cm³/mol. The lowest BCUT2D eigenvalue weighted by Crippen LogP contribution is -2.24. The molecule has 0 aromatic rings.